The van der Waals surface area contributed by atoms with Crippen molar-refractivity contribution in [2.24, 2.45) is 0 Å². The van der Waals surface area contributed by atoms with E-state index < -0.39 is 0 Å². The Labute approximate surface area is 137 Å². The van der Waals surface area contributed by atoms with Gasteiger partial charge in [0.1, 0.15) is 0 Å². The molecule has 0 saturated heterocycles. The van der Waals surface area contributed by atoms with Gasteiger partial charge in [0.25, 0.3) is 0 Å². The van der Waals surface area contributed by atoms with E-state index in [0.717, 1.165) is 32.4 Å². The average molecular weight is 306 g/mol. The molecule has 0 radical (unpaired) electrons. The van der Waals surface area contributed by atoms with Crippen LogP contribution in [0.3, 0.4) is 0 Å². The van der Waals surface area contributed by atoms with E-state index in [9.17, 15) is 4.79 Å². The van der Waals surface area contributed by atoms with Crippen LogP contribution in [0, 0.1) is 0 Å². The summed E-state index contributed by atoms with van der Waals surface area (Å²) >= 11 is 0. The summed E-state index contributed by atoms with van der Waals surface area (Å²) in [4.78, 5) is 18.4. The zero-order chi connectivity index (χ0) is 15.9. The van der Waals surface area contributed by atoms with Gasteiger partial charge in [-0.15, -0.1) is 0 Å². The second-order valence-electron chi connectivity index (χ2n) is 5.90. The van der Waals surface area contributed by atoms with Crippen molar-refractivity contribution in [3.8, 4) is 0 Å². The summed E-state index contributed by atoms with van der Waals surface area (Å²) in [6.45, 7) is 1.56. The predicted molar refractivity (Wildman–Crippen MR) is 92.8 cm³/mol. The summed E-state index contributed by atoms with van der Waals surface area (Å²) in [6, 6.07) is 14.4. The van der Waals surface area contributed by atoms with Crippen LogP contribution in [0.2, 0.25) is 0 Å². The molecule has 0 fully saturated rings. The van der Waals surface area contributed by atoms with Gasteiger partial charge >= 0.3 is 0 Å². The lowest BCUT2D eigenvalue weighted by molar-refractivity contribution is -0.130. The predicted octanol–water partition coefficient (Wildman–Crippen LogP) is 3.72. The number of hydrogen-bond acceptors (Lipinski definition) is 2. The maximum absolute atomic E-state index is 12.3. The van der Waals surface area contributed by atoms with Crippen molar-refractivity contribution in [2.75, 3.05) is 13.1 Å². The van der Waals surface area contributed by atoms with Crippen molar-refractivity contribution >= 4 is 11.5 Å². The Kier molecular flexibility index (Phi) is 5.20. The van der Waals surface area contributed by atoms with Crippen LogP contribution < -0.4 is 0 Å². The number of aryl methyl sites for hydroxylation is 1. The number of aromatic nitrogens is 1. The molecular formula is C20H22N2O. The van der Waals surface area contributed by atoms with Gasteiger partial charge < -0.3 is 4.90 Å². The Morgan fingerprint density at radius 1 is 1.13 bits per heavy atom. The molecule has 3 heteroatoms. The van der Waals surface area contributed by atoms with Gasteiger partial charge in [-0.2, -0.15) is 0 Å². The Hall–Kier alpha value is -2.42. The second-order valence-corrected chi connectivity index (χ2v) is 5.90. The van der Waals surface area contributed by atoms with Gasteiger partial charge in [0.2, 0.25) is 5.91 Å². The van der Waals surface area contributed by atoms with Crippen LogP contribution in [0.25, 0.3) is 5.57 Å². The molecule has 3 rings (SSSR count). The number of rotatable bonds is 5. The third-order valence-corrected chi connectivity index (χ3v) is 4.29. The summed E-state index contributed by atoms with van der Waals surface area (Å²) in [6.07, 6.45) is 9.20. The SMILES string of the molecule is O=C(CCCc1cccnc1)N1CC=C(c2ccccc2)CC1. The lowest BCUT2D eigenvalue weighted by Crippen LogP contribution is -2.34. The molecule has 0 saturated carbocycles. The van der Waals surface area contributed by atoms with Crippen LogP contribution in [0.15, 0.2) is 60.9 Å². The fraction of sp³-hybridized carbons (Fsp3) is 0.300. The van der Waals surface area contributed by atoms with Crippen molar-refractivity contribution in [3.05, 3.63) is 72.1 Å². The number of nitrogens with zero attached hydrogens (tertiary/aromatic N) is 2. The van der Waals surface area contributed by atoms with E-state index in [-0.39, 0.29) is 5.91 Å². The second kappa shape index (κ2) is 7.73. The zero-order valence-corrected chi connectivity index (χ0v) is 13.3. The molecule has 0 bridgehead atoms. The van der Waals surface area contributed by atoms with Crippen LogP contribution in [0.5, 0.6) is 0 Å². The van der Waals surface area contributed by atoms with Crippen molar-refractivity contribution in [1.29, 1.82) is 0 Å². The number of benzene rings is 1. The van der Waals surface area contributed by atoms with Crippen molar-refractivity contribution in [1.82, 2.24) is 9.88 Å². The summed E-state index contributed by atoms with van der Waals surface area (Å²) < 4.78 is 0. The minimum absolute atomic E-state index is 0.261. The highest BCUT2D eigenvalue weighted by molar-refractivity contribution is 5.78. The minimum Gasteiger partial charge on any atom is -0.339 e. The van der Waals surface area contributed by atoms with E-state index in [2.05, 4.69) is 41.4 Å². The topological polar surface area (TPSA) is 33.2 Å². The molecule has 0 atom stereocenters. The fourth-order valence-corrected chi connectivity index (χ4v) is 2.96. The van der Waals surface area contributed by atoms with E-state index >= 15 is 0 Å². The van der Waals surface area contributed by atoms with Gasteiger partial charge in [0.15, 0.2) is 0 Å². The van der Waals surface area contributed by atoms with Gasteiger partial charge in [-0.1, -0.05) is 42.5 Å². The molecule has 0 unspecified atom stereocenters. The number of amides is 1. The highest BCUT2D eigenvalue weighted by Crippen LogP contribution is 2.22. The smallest absolute Gasteiger partial charge is 0.222 e. The maximum Gasteiger partial charge on any atom is 0.222 e. The summed E-state index contributed by atoms with van der Waals surface area (Å²) in [5.41, 5.74) is 3.83. The van der Waals surface area contributed by atoms with E-state index in [4.69, 9.17) is 0 Å². The molecule has 23 heavy (non-hydrogen) atoms. The van der Waals surface area contributed by atoms with Gasteiger partial charge in [0.05, 0.1) is 0 Å². The molecule has 0 N–H and O–H groups in total. The molecule has 0 aliphatic carbocycles. The Balaban J connectivity index is 1.47. The molecule has 1 aromatic heterocycles. The number of hydrogen-bond donors (Lipinski definition) is 0. The Morgan fingerprint density at radius 3 is 2.70 bits per heavy atom. The molecule has 1 aromatic carbocycles. The molecule has 2 heterocycles. The third-order valence-electron chi connectivity index (χ3n) is 4.29. The molecule has 1 aliphatic rings. The van der Waals surface area contributed by atoms with Crippen LogP contribution >= 0.6 is 0 Å². The van der Waals surface area contributed by atoms with Gasteiger partial charge in [-0.05, 0) is 42.0 Å². The van der Waals surface area contributed by atoms with E-state index in [0.29, 0.717) is 6.42 Å². The maximum atomic E-state index is 12.3. The highest BCUT2D eigenvalue weighted by Gasteiger charge is 2.17. The quantitative estimate of drug-likeness (QED) is 0.843. The first kappa shape index (κ1) is 15.5. The molecule has 1 aliphatic heterocycles. The highest BCUT2D eigenvalue weighted by atomic mass is 16.2. The van der Waals surface area contributed by atoms with Crippen LogP contribution in [-0.2, 0) is 11.2 Å². The van der Waals surface area contributed by atoms with E-state index in [1.165, 1.54) is 16.7 Å². The largest absolute Gasteiger partial charge is 0.339 e. The first-order valence-corrected chi connectivity index (χ1v) is 8.24. The van der Waals surface area contributed by atoms with E-state index in [1.807, 2.05) is 23.2 Å². The first-order valence-electron chi connectivity index (χ1n) is 8.24. The molecular weight excluding hydrogens is 284 g/mol. The zero-order valence-electron chi connectivity index (χ0n) is 13.3. The number of carbonyl (C=O) groups excluding carboxylic acids is 1. The lowest BCUT2D eigenvalue weighted by atomic mass is 9.99. The van der Waals surface area contributed by atoms with Crippen molar-refractivity contribution in [2.45, 2.75) is 25.7 Å². The Morgan fingerprint density at radius 2 is 2.00 bits per heavy atom. The number of pyridine rings is 1. The van der Waals surface area contributed by atoms with Gasteiger partial charge in [0, 0.05) is 31.9 Å². The molecule has 0 spiro atoms. The third kappa shape index (κ3) is 4.28. The summed E-state index contributed by atoms with van der Waals surface area (Å²) in [7, 11) is 0. The average Bonchev–Trinajstić information content (AvgIpc) is 2.63. The summed E-state index contributed by atoms with van der Waals surface area (Å²) in [5, 5.41) is 0. The molecule has 118 valence electrons. The van der Waals surface area contributed by atoms with Crippen molar-refractivity contribution in [3.63, 3.8) is 0 Å². The van der Waals surface area contributed by atoms with Crippen LogP contribution in [0.1, 0.15) is 30.4 Å². The van der Waals surface area contributed by atoms with Gasteiger partial charge in [-0.25, -0.2) is 0 Å². The first-order chi connectivity index (χ1) is 11.3. The summed E-state index contributed by atoms with van der Waals surface area (Å²) in [5.74, 6) is 0.261. The van der Waals surface area contributed by atoms with E-state index in [1.54, 1.807) is 6.20 Å². The standard InChI is InChI=1S/C20H22N2O/c23-20(10-4-6-17-7-5-13-21-16-17)22-14-11-19(12-15-22)18-8-2-1-3-9-18/h1-3,5,7-9,11,13,16H,4,6,10,12,14-15H2. The lowest BCUT2D eigenvalue weighted by Gasteiger charge is -2.26. The van der Waals surface area contributed by atoms with Crippen LogP contribution in [0.4, 0.5) is 0 Å². The number of carbonyl (C=O) groups is 1. The molecule has 2 aromatic rings. The van der Waals surface area contributed by atoms with Crippen LogP contribution in [-0.4, -0.2) is 28.9 Å². The van der Waals surface area contributed by atoms with Crippen molar-refractivity contribution < 1.29 is 4.79 Å². The van der Waals surface area contributed by atoms with Gasteiger partial charge in [-0.3, -0.25) is 9.78 Å². The minimum atomic E-state index is 0.261. The fourth-order valence-electron chi connectivity index (χ4n) is 2.96. The molecule has 3 nitrogen and oxygen atoms in total. The Bertz CT molecular complexity index is 665. The monoisotopic (exact) mass is 306 g/mol. The molecule has 1 amide bonds. The normalized spacial score (nSPS) is 14.4.